The molecule has 4 nitrogen and oxygen atoms in total. The second-order valence-electron chi connectivity index (χ2n) is 4.60. The molecule has 0 aliphatic rings. The van der Waals surface area contributed by atoms with Gasteiger partial charge >= 0.3 is 0 Å². The summed E-state index contributed by atoms with van der Waals surface area (Å²) in [5.41, 5.74) is 1.24. The van der Waals surface area contributed by atoms with Crippen LogP contribution < -0.4 is 10.1 Å². The summed E-state index contributed by atoms with van der Waals surface area (Å²) in [6.45, 7) is 5.59. The first kappa shape index (κ1) is 13.6. The number of ether oxygens (including phenoxy) is 1. The van der Waals surface area contributed by atoms with E-state index in [0.717, 1.165) is 18.1 Å². The average molecular weight is 259 g/mol. The number of rotatable bonds is 6. The van der Waals surface area contributed by atoms with Crippen molar-refractivity contribution >= 4 is 0 Å². The Morgan fingerprint density at radius 2 is 2.26 bits per heavy atom. The van der Waals surface area contributed by atoms with Crippen molar-refractivity contribution in [1.82, 2.24) is 14.9 Å². The highest BCUT2D eigenvalue weighted by Gasteiger charge is 2.04. The predicted molar refractivity (Wildman–Crippen MR) is 76.4 cm³/mol. The van der Waals surface area contributed by atoms with Crippen LogP contribution in [0.25, 0.3) is 0 Å². The lowest BCUT2D eigenvalue weighted by Gasteiger charge is -2.13. The summed E-state index contributed by atoms with van der Waals surface area (Å²) in [4.78, 5) is 4.19. The van der Waals surface area contributed by atoms with E-state index in [2.05, 4.69) is 33.9 Å². The van der Waals surface area contributed by atoms with Crippen molar-refractivity contribution in [2.24, 2.45) is 0 Å². The number of hydrogen-bond acceptors (Lipinski definition) is 3. The molecule has 19 heavy (non-hydrogen) atoms. The van der Waals surface area contributed by atoms with E-state index in [1.165, 1.54) is 5.56 Å². The van der Waals surface area contributed by atoms with Crippen molar-refractivity contribution in [3.63, 3.8) is 0 Å². The summed E-state index contributed by atoms with van der Waals surface area (Å²) >= 11 is 0. The minimum Gasteiger partial charge on any atom is -0.492 e. The minimum absolute atomic E-state index is 0.333. The molecule has 1 unspecified atom stereocenters. The third kappa shape index (κ3) is 3.58. The van der Waals surface area contributed by atoms with Crippen LogP contribution in [0.5, 0.6) is 5.75 Å². The minimum atomic E-state index is 0.333. The first-order valence-corrected chi connectivity index (χ1v) is 6.58. The standard InChI is InChI=1S/C15H21N3O/c1-12(16-3)14-5-4-6-15(11-14)19-10-9-18-8-7-17-13(18)2/h4-8,11-12,16H,9-10H2,1-3H3. The van der Waals surface area contributed by atoms with Gasteiger partial charge in [0.15, 0.2) is 0 Å². The first-order chi connectivity index (χ1) is 9.20. The van der Waals surface area contributed by atoms with Crippen molar-refractivity contribution in [2.75, 3.05) is 13.7 Å². The van der Waals surface area contributed by atoms with E-state index in [4.69, 9.17) is 4.74 Å². The van der Waals surface area contributed by atoms with Crippen molar-refractivity contribution in [2.45, 2.75) is 26.4 Å². The van der Waals surface area contributed by atoms with Crippen LogP contribution in [-0.2, 0) is 6.54 Å². The summed E-state index contributed by atoms with van der Waals surface area (Å²) in [5, 5.41) is 3.23. The molecule has 0 saturated carbocycles. The molecule has 1 heterocycles. The van der Waals surface area contributed by atoms with E-state index >= 15 is 0 Å². The lowest BCUT2D eigenvalue weighted by atomic mass is 10.1. The van der Waals surface area contributed by atoms with Gasteiger partial charge in [0.1, 0.15) is 18.2 Å². The Balaban J connectivity index is 1.91. The molecule has 2 aromatic rings. The molecule has 1 atom stereocenters. The highest BCUT2D eigenvalue weighted by atomic mass is 16.5. The molecule has 0 aliphatic carbocycles. The summed E-state index contributed by atoms with van der Waals surface area (Å²) in [6, 6.07) is 8.54. The third-order valence-corrected chi connectivity index (χ3v) is 3.32. The Bertz CT molecular complexity index is 522. The molecule has 0 aliphatic heterocycles. The predicted octanol–water partition coefficient (Wildman–Crippen LogP) is 2.55. The van der Waals surface area contributed by atoms with Crippen LogP contribution in [0.15, 0.2) is 36.7 Å². The summed E-state index contributed by atoms with van der Waals surface area (Å²) < 4.78 is 7.88. The van der Waals surface area contributed by atoms with Crippen LogP contribution in [0.1, 0.15) is 24.4 Å². The van der Waals surface area contributed by atoms with E-state index in [-0.39, 0.29) is 0 Å². The van der Waals surface area contributed by atoms with Gasteiger partial charge in [-0.15, -0.1) is 0 Å². The Morgan fingerprint density at radius 3 is 2.95 bits per heavy atom. The highest BCUT2D eigenvalue weighted by molar-refractivity contribution is 5.30. The normalized spacial score (nSPS) is 12.4. The van der Waals surface area contributed by atoms with Gasteiger partial charge in [0, 0.05) is 18.4 Å². The molecule has 1 aromatic carbocycles. The lowest BCUT2D eigenvalue weighted by molar-refractivity contribution is 0.296. The van der Waals surface area contributed by atoms with Crippen molar-refractivity contribution in [1.29, 1.82) is 0 Å². The van der Waals surface area contributed by atoms with Crippen LogP contribution in [0, 0.1) is 6.92 Å². The summed E-state index contributed by atoms with van der Waals surface area (Å²) in [6.07, 6.45) is 3.78. The third-order valence-electron chi connectivity index (χ3n) is 3.32. The zero-order valence-electron chi connectivity index (χ0n) is 11.8. The number of imidazole rings is 1. The van der Waals surface area contributed by atoms with Crippen LogP contribution in [0.3, 0.4) is 0 Å². The van der Waals surface area contributed by atoms with Gasteiger partial charge in [0.2, 0.25) is 0 Å². The average Bonchev–Trinajstić information content (AvgIpc) is 2.84. The maximum atomic E-state index is 5.79. The number of benzene rings is 1. The molecule has 1 N–H and O–H groups in total. The van der Waals surface area contributed by atoms with Crippen LogP contribution >= 0.6 is 0 Å². The van der Waals surface area contributed by atoms with Gasteiger partial charge in [-0.3, -0.25) is 0 Å². The van der Waals surface area contributed by atoms with Crippen LogP contribution in [-0.4, -0.2) is 23.2 Å². The Labute approximate surface area is 114 Å². The van der Waals surface area contributed by atoms with E-state index in [9.17, 15) is 0 Å². The number of hydrogen-bond donors (Lipinski definition) is 1. The van der Waals surface area contributed by atoms with Crippen molar-refractivity contribution < 1.29 is 4.74 Å². The Morgan fingerprint density at radius 1 is 1.42 bits per heavy atom. The Hall–Kier alpha value is -1.81. The largest absolute Gasteiger partial charge is 0.492 e. The van der Waals surface area contributed by atoms with E-state index in [1.807, 2.05) is 38.5 Å². The fourth-order valence-electron chi connectivity index (χ4n) is 1.94. The lowest BCUT2D eigenvalue weighted by Crippen LogP contribution is -2.12. The highest BCUT2D eigenvalue weighted by Crippen LogP contribution is 2.18. The van der Waals surface area contributed by atoms with Gasteiger partial charge in [-0.2, -0.15) is 0 Å². The van der Waals surface area contributed by atoms with Gasteiger partial charge in [-0.25, -0.2) is 4.98 Å². The first-order valence-electron chi connectivity index (χ1n) is 6.58. The molecular formula is C15H21N3O. The molecular weight excluding hydrogens is 238 g/mol. The van der Waals surface area contributed by atoms with Gasteiger partial charge in [0.25, 0.3) is 0 Å². The molecule has 4 heteroatoms. The molecule has 0 amide bonds. The van der Waals surface area contributed by atoms with E-state index in [0.29, 0.717) is 12.6 Å². The number of aromatic nitrogens is 2. The molecule has 0 bridgehead atoms. The summed E-state index contributed by atoms with van der Waals surface area (Å²) in [7, 11) is 1.96. The van der Waals surface area contributed by atoms with Crippen molar-refractivity contribution in [3.8, 4) is 5.75 Å². The molecule has 0 fully saturated rings. The maximum Gasteiger partial charge on any atom is 0.119 e. The van der Waals surface area contributed by atoms with Crippen molar-refractivity contribution in [3.05, 3.63) is 48.0 Å². The van der Waals surface area contributed by atoms with E-state index < -0.39 is 0 Å². The maximum absolute atomic E-state index is 5.79. The van der Waals surface area contributed by atoms with Crippen LogP contribution in [0.2, 0.25) is 0 Å². The molecule has 2 rings (SSSR count). The van der Waals surface area contributed by atoms with Gasteiger partial charge < -0.3 is 14.6 Å². The Kier molecular flexibility index (Phi) is 4.58. The molecule has 0 spiro atoms. The molecule has 0 radical (unpaired) electrons. The second-order valence-corrected chi connectivity index (χ2v) is 4.60. The fourth-order valence-corrected chi connectivity index (χ4v) is 1.94. The monoisotopic (exact) mass is 259 g/mol. The molecule has 0 saturated heterocycles. The van der Waals surface area contributed by atoms with E-state index in [1.54, 1.807) is 0 Å². The number of aryl methyl sites for hydroxylation is 1. The van der Waals surface area contributed by atoms with Gasteiger partial charge in [-0.1, -0.05) is 12.1 Å². The second kappa shape index (κ2) is 6.38. The van der Waals surface area contributed by atoms with Crippen LogP contribution in [0.4, 0.5) is 0 Å². The smallest absolute Gasteiger partial charge is 0.119 e. The number of nitrogens with zero attached hydrogens (tertiary/aromatic N) is 2. The molecule has 1 aromatic heterocycles. The summed E-state index contributed by atoms with van der Waals surface area (Å²) in [5.74, 6) is 1.93. The SMILES string of the molecule is CNC(C)c1cccc(OCCn2ccnc2C)c1. The molecule has 102 valence electrons. The number of nitrogens with one attached hydrogen (secondary N) is 1. The topological polar surface area (TPSA) is 39.1 Å². The fraction of sp³-hybridized carbons (Fsp3) is 0.400. The van der Waals surface area contributed by atoms with Gasteiger partial charge in [-0.05, 0) is 38.6 Å². The zero-order valence-corrected chi connectivity index (χ0v) is 11.8. The quantitative estimate of drug-likeness (QED) is 0.866. The zero-order chi connectivity index (χ0) is 13.7. The van der Waals surface area contributed by atoms with Gasteiger partial charge in [0.05, 0.1) is 6.54 Å².